The number of ether oxygens (including phenoxy) is 2. The molecule has 0 saturated carbocycles. The number of fused-ring (bicyclic) bond motifs is 1. The zero-order valence-corrected chi connectivity index (χ0v) is 17.2. The van der Waals surface area contributed by atoms with E-state index in [9.17, 15) is 4.79 Å². The quantitative estimate of drug-likeness (QED) is 0.325. The molecule has 3 rings (SSSR count). The zero-order chi connectivity index (χ0) is 19.2. The summed E-state index contributed by atoms with van der Waals surface area (Å²) >= 11 is 2.21. The Hall–Kier alpha value is -2.61. The smallest absolute Gasteiger partial charge is 0.236 e. The highest BCUT2D eigenvalue weighted by molar-refractivity contribution is 14.1. The molecule has 0 heterocycles. The Kier molecular flexibility index (Phi) is 6.28. The molecule has 0 aromatic heterocycles. The number of carbonyl (C=O) groups excluding carboxylic acids is 1. The third-order valence-electron chi connectivity index (χ3n) is 3.94. The highest BCUT2D eigenvalue weighted by Crippen LogP contribution is 2.34. The Labute approximate surface area is 171 Å². The highest BCUT2D eigenvalue weighted by atomic mass is 127. The molecule has 138 valence electrons. The van der Waals surface area contributed by atoms with Crippen LogP contribution in [0.15, 0.2) is 59.7 Å². The first-order valence-corrected chi connectivity index (χ1v) is 9.43. The van der Waals surface area contributed by atoms with E-state index in [1.807, 2.05) is 30.3 Å². The summed E-state index contributed by atoms with van der Waals surface area (Å²) in [5, 5.41) is 6.25. The standard InChI is InChI=1S/C21H19IN2O3/c1-14(25)24-23-12-15-10-19(22)21(20(11-15)26-2)27-13-17-8-5-7-16-6-3-4-9-18(16)17/h3-12H,13H2,1-2H3,(H,24,25)/b23-12-. The van der Waals surface area contributed by atoms with Crippen molar-refractivity contribution in [1.29, 1.82) is 0 Å². The topological polar surface area (TPSA) is 59.9 Å². The van der Waals surface area contributed by atoms with Crippen LogP contribution >= 0.6 is 22.6 Å². The van der Waals surface area contributed by atoms with Gasteiger partial charge in [-0.25, -0.2) is 5.43 Å². The number of carbonyl (C=O) groups is 1. The summed E-state index contributed by atoms with van der Waals surface area (Å²) < 4.78 is 12.5. The van der Waals surface area contributed by atoms with E-state index in [4.69, 9.17) is 9.47 Å². The van der Waals surface area contributed by atoms with E-state index < -0.39 is 0 Å². The zero-order valence-electron chi connectivity index (χ0n) is 15.0. The fourth-order valence-electron chi connectivity index (χ4n) is 2.72. The van der Waals surface area contributed by atoms with E-state index in [1.165, 1.54) is 17.7 Å². The Morgan fingerprint density at radius 1 is 1.19 bits per heavy atom. The van der Waals surface area contributed by atoms with Crippen LogP contribution in [0.25, 0.3) is 10.8 Å². The summed E-state index contributed by atoms with van der Waals surface area (Å²) in [6.07, 6.45) is 1.57. The van der Waals surface area contributed by atoms with Gasteiger partial charge in [-0.3, -0.25) is 4.79 Å². The summed E-state index contributed by atoms with van der Waals surface area (Å²) in [6, 6.07) is 18.2. The van der Waals surface area contributed by atoms with E-state index in [0.717, 1.165) is 14.7 Å². The molecule has 1 N–H and O–H groups in total. The second kappa shape index (κ2) is 8.85. The summed E-state index contributed by atoms with van der Waals surface area (Å²) in [5.74, 6) is 1.08. The summed E-state index contributed by atoms with van der Waals surface area (Å²) in [7, 11) is 1.60. The first-order chi connectivity index (χ1) is 13.1. The van der Waals surface area contributed by atoms with Gasteiger partial charge in [0.2, 0.25) is 5.91 Å². The van der Waals surface area contributed by atoms with E-state index in [1.54, 1.807) is 13.3 Å². The number of nitrogens with one attached hydrogen (secondary N) is 1. The monoisotopic (exact) mass is 474 g/mol. The van der Waals surface area contributed by atoms with Crippen LogP contribution in [-0.4, -0.2) is 19.2 Å². The van der Waals surface area contributed by atoms with Crippen molar-refractivity contribution >= 4 is 45.5 Å². The first-order valence-electron chi connectivity index (χ1n) is 8.35. The minimum Gasteiger partial charge on any atom is -0.493 e. The van der Waals surface area contributed by atoms with Gasteiger partial charge in [0.1, 0.15) is 6.61 Å². The van der Waals surface area contributed by atoms with Crippen LogP contribution in [0.3, 0.4) is 0 Å². The molecular weight excluding hydrogens is 455 g/mol. The molecule has 6 heteroatoms. The third-order valence-corrected chi connectivity index (χ3v) is 4.74. The molecule has 0 aliphatic rings. The lowest BCUT2D eigenvalue weighted by molar-refractivity contribution is -0.118. The average Bonchev–Trinajstić information content (AvgIpc) is 2.66. The summed E-state index contributed by atoms with van der Waals surface area (Å²) in [6.45, 7) is 1.85. The van der Waals surface area contributed by atoms with Crippen molar-refractivity contribution in [2.75, 3.05) is 7.11 Å². The lowest BCUT2D eigenvalue weighted by Gasteiger charge is -2.14. The van der Waals surface area contributed by atoms with E-state index in [2.05, 4.69) is 57.4 Å². The Morgan fingerprint density at radius 2 is 1.96 bits per heavy atom. The number of hydrazone groups is 1. The number of hydrogen-bond donors (Lipinski definition) is 1. The molecule has 3 aromatic carbocycles. The number of nitrogens with zero attached hydrogens (tertiary/aromatic N) is 1. The van der Waals surface area contributed by atoms with Gasteiger partial charge in [-0.1, -0.05) is 42.5 Å². The number of halogens is 1. The fourth-order valence-corrected chi connectivity index (χ4v) is 3.50. The van der Waals surface area contributed by atoms with Gasteiger partial charge in [0.15, 0.2) is 11.5 Å². The molecule has 27 heavy (non-hydrogen) atoms. The second-order valence-electron chi connectivity index (χ2n) is 5.89. The molecule has 0 spiro atoms. The van der Waals surface area contributed by atoms with Gasteiger partial charge >= 0.3 is 0 Å². The predicted octanol–water partition coefficient (Wildman–Crippen LogP) is 4.50. The molecule has 0 fully saturated rings. The number of benzene rings is 3. The van der Waals surface area contributed by atoms with E-state index in [0.29, 0.717) is 18.1 Å². The van der Waals surface area contributed by atoms with Crippen molar-refractivity contribution in [3.8, 4) is 11.5 Å². The van der Waals surface area contributed by atoms with Crippen LogP contribution < -0.4 is 14.9 Å². The predicted molar refractivity (Wildman–Crippen MR) is 115 cm³/mol. The summed E-state index contributed by atoms with van der Waals surface area (Å²) in [4.78, 5) is 10.9. The lowest BCUT2D eigenvalue weighted by Crippen LogP contribution is -2.12. The van der Waals surface area contributed by atoms with Gasteiger partial charge in [-0.05, 0) is 56.6 Å². The fraction of sp³-hybridized carbons (Fsp3) is 0.143. The Bertz CT molecular complexity index is 997. The Balaban J connectivity index is 1.84. The van der Waals surface area contributed by atoms with Crippen LogP contribution in [0.4, 0.5) is 0 Å². The van der Waals surface area contributed by atoms with Crippen LogP contribution in [0.2, 0.25) is 0 Å². The molecule has 0 bridgehead atoms. The molecule has 0 atom stereocenters. The average molecular weight is 474 g/mol. The van der Waals surface area contributed by atoms with Crippen molar-refractivity contribution in [3.63, 3.8) is 0 Å². The minimum absolute atomic E-state index is 0.219. The summed E-state index contributed by atoms with van der Waals surface area (Å²) in [5.41, 5.74) is 4.31. The maximum absolute atomic E-state index is 10.9. The molecular formula is C21H19IN2O3. The second-order valence-corrected chi connectivity index (χ2v) is 7.05. The molecule has 0 aliphatic heterocycles. The van der Waals surface area contributed by atoms with Crippen LogP contribution in [-0.2, 0) is 11.4 Å². The largest absolute Gasteiger partial charge is 0.493 e. The van der Waals surface area contributed by atoms with Gasteiger partial charge in [-0.15, -0.1) is 0 Å². The van der Waals surface area contributed by atoms with Crippen molar-refractivity contribution < 1.29 is 14.3 Å². The molecule has 3 aromatic rings. The Morgan fingerprint density at radius 3 is 2.74 bits per heavy atom. The number of rotatable bonds is 6. The van der Waals surface area contributed by atoms with E-state index in [-0.39, 0.29) is 5.91 Å². The van der Waals surface area contributed by atoms with E-state index >= 15 is 0 Å². The van der Waals surface area contributed by atoms with Gasteiger partial charge in [-0.2, -0.15) is 5.10 Å². The SMILES string of the molecule is COc1cc(/C=N\NC(C)=O)cc(I)c1OCc1cccc2ccccc12. The van der Waals surface area contributed by atoms with Crippen molar-refractivity contribution in [1.82, 2.24) is 5.43 Å². The number of amides is 1. The van der Waals surface area contributed by atoms with Crippen molar-refractivity contribution in [2.45, 2.75) is 13.5 Å². The minimum atomic E-state index is -0.219. The maximum atomic E-state index is 10.9. The van der Waals surface area contributed by atoms with Crippen molar-refractivity contribution in [3.05, 3.63) is 69.3 Å². The van der Waals surface area contributed by atoms with Gasteiger partial charge in [0.05, 0.1) is 16.9 Å². The van der Waals surface area contributed by atoms with Gasteiger partial charge in [0, 0.05) is 6.92 Å². The molecule has 0 aliphatic carbocycles. The van der Waals surface area contributed by atoms with Crippen molar-refractivity contribution in [2.24, 2.45) is 5.10 Å². The molecule has 0 radical (unpaired) electrons. The first kappa shape index (κ1) is 19.2. The lowest BCUT2D eigenvalue weighted by atomic mass is 10.1. The van der Waals surface area contributed by atoms with Crippen LogP contribution in [0.1, 0.15) is 18.1 Å². The maximum Gasteiger partial charge on any atom is 0.236 e. The molecule has 0 unspecified atom stereocenters. The number of methoxy groups -OCH3 is 1. The number of hydrogen-bond acceptors (Lipinski definition) is 4. The van der Waals surface area contributed by atoms with Crippen LogP contribution in [0, 0.1) is 3.57 Å². The molecule has 1 amide bonds. The van der Waals surface area contributed by atoms with Gasteiger partial charge < -0.3 is 9.47 Å². The highest BCUT2D eigenvalue weighted by Gasteiger charge is 2.12. The molecule has 5 nitrogen and oxygen atoms in total. The normalized spacial score (nSPS) is 10.9. The third kappa shape index (κ3) is 4.77. The van der Waals surface area contributed by atoms with Gasteiger partial charge in [0.25, 0.3) is 0 Å². The van der Waals surface area contributed by atoms with Crippen LogP contribution in [0.5, 0.6) is 11.5 Å². The molecule has 0 saturated heterocycles.